The Morgan fingerprint density at radius 3 is 2.39 bits per heavy atom. The second-order valence-electron chi connectivity index (χ2n) is 5.90. The lowest BCUT2D eigenvalue weighted by atomic mass is 10.1. The van der Waals surface area contributed by atoms with Gasteiger partial charge in [0, 0.05) is 25.0 Å². The van der Waals surface area contributed by atoms with Gasteiger partial charge in [0.2, 0.25) is 20.0 Å². The van der Waals surface area contributed by atoms with E-state index >= 15 is 0 Å². The van der Waals surface area contributed by atoms with Gasteiger partial charge in [-0.3, -0.25) is 0 Å². The molecule has 1 N–H and O–H groups in total. The predicted octanol–water partition coefficient (Wildman–Crippen LogP) is 1.38. The van der Waals surface area contributed by atoms with Crippen LogP contribution in [0.15, 0.2) is 35.1 Å². The number of sulfonamides is 2. The van der Waals surface area contributed by atoms with Crippen LogP contribution in [0.25, 0.3) is 0 Å². The summed E-state index contributed by atoms with van der Waals surface area (Å²) in [5.74, 6) is -0.0367. The second-order valence-corrected chi connectivity index (χ2v) is 9.55. The first-order valence-electron chi connectivity index (χ1n) is 7.34. The average molecular weight is 358 g/mol. The quantitative estimate of drug-likeness (QED) is 0.833. The van der Waals surface area contributed by atoms with Crippen molar-refractivity contribution in [2.75, 3.05) is 19.6 Å². The molecule has 0 saturated carbocycles. The predicted molar refractivity (Wildman–Crippen MR) is 89.9 cm³/mol. The summed E-state index contributed by atoms with van der Waals surface area (Å²) in [6.45, 7) is 7.89. The van der Waals surface area contributed by atoms with E-state index in [1.54, 1.807) is 12.1 Å². The zero-order valence-electron chi connectivity index (χ0n) is 13.3. The van der Waals surface area contributed by atoms with E-state index in [-0.39, 0.29) is 12.5 Å². The molecule has 1 aromatic carbocycles. The van der Waals surface area contributed by atoms with Crippen molar-refractivity contribution in [3.8, 4) is 0 Å². The van der Waals surface area contributed by atoms with Gasteiger partial charge in [-0.15, -0.1) is 0 Å². The number of benzene rings is 1. The normalized spacial score (nSPS) is 19.8. The maximum Gasteiger partial charge on any atom is 0.243 e. The van der Waals surface area contributed by atoms with Gasteiger partial charge in [0.05, 0.1) is 4.90 Å². The molecule has 0 unspecified atom stereocenters. The summed E-state index contributed by atoms with van der Waals surface area (Å²) < 4.78 is 52.0. The van der Waals surface area contributed by atoms with E-state index in [0.717, 1.165) is 16.5 Å². The number of nitrogens with one attached hydrogen (secondary N) is 1. The molecule has 0 spiro atoms. The van der Waals surface area contributed by atoms with Gasteiger partial charge in [-0.05, 0) is 49.4 Å². The highest BCUT2D eigenvalue weighted by Crippen LogP contribution is 2.25. The first kappa shape index (κ1) is 18.1. The van der Waals surface area contributed by atoms with Crippen LogP contribution in [0, 0.1) is 19.8 Å². The molecular weight excluding hydrogens is 336 g/mol. The van der Waals surface area contributed by atoms with Crippen molar-refractivity contribution in [1.82, 2.24) is 9.03 Å². The molecule has 128 valence electrons. The Kier molecular flexibility index (Phi) is 5.30. The van der Waals surface area contributed by atoms with E-state index in [9.17, 15) is 16.8 Å². The van der Waals surface area contributed by atoms with Gasteiger partial charge < -0.3 is 0 Å². The summed E-state index contributed by atoms with van der Waals surface area (Å²) in [6.07, 6.45) is 0.629. The maximum absolute atomic E-state index is 12.7. The number of nitrogens with zero attached hydrogens (tertiary/aromatic N) is 1. The van der Waals surface area contributed by atoms with Crippen molar-refractivity contribution in [1.29, 1.82) is 0 Å². The van der Waals surface area contributed by atoms with Gasteiger partial charge in [0.1, 0.15) is 0 Å². The molecule has 1 aliphatic heterocycles. The molecule has 0 bridgehead atoms. The van der Waals surface area contributed by atoms with Crippen LogP contribution in [-0.4, -0.2) is 40.8 Å². The Morgan fingerprint density at radius 1 is 1.22 bits per heavy atom. The summed E-state index contributed by atoms with van der Waals surface area (Å²) in [5, 5.41) is 0.853. The van der Waals surface area contributed by atoms with Gasteiger partial charge in [-0.25, -0.2) is 21.6 Å². The maximum atomic E-state index is 12.7. The largest absolute Gasteiger partial charge is 0.243 e. The van der Waals surface area contributed by atoms with E-state index in [0.29, 0.717) is 24.4 Å². The van der Waals surface area contributed by atoms with Crippen molar-refractivity contribution in [3.05, 3.63) is 41.3 Å². The first-order chi connectivity index (χ1) is 10.6. The van der Waals surface area contributed by atoms with Gasteiger partial charge in [-0.1, -0.05) is 12.6 Å². The Morgan fingerprint density at radius 2 is 1.83 bits per heavy atom. The highest BCUT2D eigenvalue weighted by atomic mass is 32.2. The second kappa shape index (κ2) is 6.72. The van der Waals surface area contributed by atoms with Gasteiger partial charge in [-0.2, -0.15) is 4.31 Å². The molecule has 2 rings (SSSR count). The van der Waals surface area contributed by atoms with Crippen LogP contribution < -0.4 is 4.72 Å². The van der Waals surface area contributed by atoms with E-state index in [1.165, 1.54) is 4.31 Å². The summed E-state index contributed by atoms with van der Waals surface area (Å²) in [5.41, 5.74) is 1.80. The Bertz CT molecular complexity index is 781. The van der Waals surface area contributed by atoms with Crippen LogP contribution in [0.5, 0.6) is 0 Å². The highest BCUT2D eigenvalue weighted by Gasteiger charge is 2.33. The molecule has 1 fully saturated rings. The lowest BCUT2D eigenvalue weighted by Crippen LogP contribution is -2.32. The summed E-state index contributed by atoms with van der Waals surface area (Å²) in [6, 6.07) is 5.25. The summed E-state index contributed by atoms with van der Waals surface area (Å²) >= 11 is 0. The molecular formula is C15H22N2O4S2. The third-order valence-electron chi connectivity index (χ3n) is 3.87. The van der Waals surface area contributed by atoms with E-state index in [1.807, 2.05) is 19.9 Å². The minimum Gasteiger partial charge on any atom is -0.211 e. The van der Waals surface area contributed by atoms with Crippen molar-refractivity contribution in [2.45, 2.75) is 25.2 Å². The number of rotatable bonds is 6. The third kappa shape index (κ3) is 4.41. The Hall–Kier alpha value is -1.22. The molecule has 23 heavy (non-hydrogen) atoms. The molecule has 0 radical (unpaired) electrons. The Balaban J connectivity index is 2.09. The van der Waals surface area contributed by atoms with Crippen LogP contribution in [0.4, 0.5) is 0 Å². The zero-order valence-corrected chi connectivity index (χ0v) is 15.0. The third-order valence-corrected chi connectivity index (χ3v) is 6.72. The van der Waals surface area contributed by atoms with E-state index in [4.69, 9.17) is 0 Å². The molecule has 1 heterocycles. The lowest BCUT2D eigenvalue weighted by molar-refractivity contribution is 0.455. The molecule has 6 nitrogen and oxygen atoms in total. The molecule has 0 aliphatic carbocycles. The SMILES string of the molecule is C=CS(=O)(=O)NC[C@H]1CCN(S(=O)(=O)c2cc(C)cc(C)c2)C1. The number of aryl methyl sites for hydroxylation is 2. The van der Waals surface area contributed by atoms with Crippen LogP contribution in [-0.2, 0) is 20.0 Å². The van der Waals surface area contributed by atoms with Crippen LogP contribution >= 0.6 is 0 Å². The van der Waals surface area contributed by atoms with Crippen molar-refractivity contribution in [2.24, 2.45) is 5.92 Å². The first-order valence-corrected chi connectivity index (χ1v) is 10.3. The minimum atomic E-state index is -3.54. The molecule has 1 saturated heterocycles. The fourth-order valence-electron chi connectivity index (χ4n) is 2.71. The molecule has 0 amide bonds. The smallest absolute Gasteiger partial charge is 0.211 e. The van der Waals surface area contributed by atoms with E-state index < -0.39 is 20.0 Å². The van der Waals surface area contributed by atoms with Gasteiger partial charge in [0.25, 0.3) is 0 Å². The average Bonchev–Trinajstić information content (AvgIpc) is 2.94. The van der Waals surface area contributed by atoms with Gasteiger partial charge in [0.15, 0.2) is 0 Å². The van der Waals surface area contributed by atoms with Crippen LogP contribution in [0.2, 0.25) is 0 Å². The fraction of sp³-hybridized carbons (Fsp3) is 0.467. The molecule has 8 heteroatoms. The lowest BCUT2D eigenvalue weighted by Gasteiger charge is -2.17. The number of hydrogen-bond acceptors (Lipinski definition) is 4. The van der Waals surface area contributed by atoms with Crippen molar-refractivity contribution < 1.29 is 16.8 Å². The van der Waals surface area contributed by atoms with Crippen molar-refractivity contribution >= 4 is 20.0 Å². The minimum absolute atomic E-state index is 0.0367. The Labute approximate surface area is 138 Å². The summed E-state index contributed by atoms with van der Waals surface area (Å²) in [7, 11) is -7.02. The summed E-state index contributed by atoms with van der Waals surface area (Å²) in [4.78, 5) is 0.294. The molecule has 0 aromatic heterocycles. The topological polar surface area (TPSA) is 83.6 Å². The zero-order chi connectivity index (χ0) is 17.3. The van der Waals surface area contributed by atoms with E-state index in [2.05, 4.69) is 11.3 Å². The van der Waals surface area contributed by atoms with Gasteiger partial charge >= 0.3 is 0 Å². The highest BCUT2D eigenvalue weighted by molar-refractivity contribution is 7.92. The van der Waals surface area contributed by atoms with Crippen LogP contribution in [0.1, 0.15) is 17.5 Å². The monoisotopic (exact) mass is 358 g/mol. The molecule has 1 aromatic rings. The fourth-order valence-corrected chi connectivity index (χ4v) is 5.01. The van der Waals surface area contributed by atoms with Crippen molar-refractivity contribution in [3.63, 3.8) is 0 Å². The molecule has 1 atom stereocenters. The number of hydrogen-bond donors (Lipinski definition) is 1. The standard InChI is InChI=1S/C15H22N2O4S2/c1-4-22(18,19)16-10-14-5-6-17(11-14)23(20,21)15-8-12(2)7-13(3)9-15/h4,7-9,14,16H,1,5-6,10-11H2,2-3H3/t14-/m1/s1. The van der Waals surface area contributed by atoms with Crippen LogP contribution in [0.3, 0.4) is 0 Å². The molecule has 1 aliphatic rings.